The summed E-state index contributed by atoms with van der Waals surface area (Å²) in [5.41, 5.74) is -0.732. The minimum Gasteiger partial charge on any atom is -0.459 e. The maximum atomic E-state index is 14.5. The maximum absolute atomic E-state index is 14.5. The van der Waals surface area contributed by atoms with Crippen molar-refractivity contribution in [1.82, 2.24) is 30.3 Å². The summed E-state index contributed by atoms with van der Waals surface area (Å²) in [7, 11) is 5.23. The first-order chi connectivity index (χ1) is 31.8. The number of hydrogen-bond donors (Lipinski definition) is 7. The molecule has 0 bridgehead atoms. The minimum absolute atomic E-state index is 0.0908. The lowest BCUT2D eigenvalue weighted by Gasteiger charge is -2.49. The number of esters is 1. The molecule has 3 fully saturated rings. The van der Waals surface area contributed by atoms with E-state index in [4.69, 9.17) is 33.6 Å². The van der Waals surface area contributed by atoms with Crippen LogP contribution in [0, 0.1) is 17.8 Å². The molecule has 3 saturated heterocycles. The highest BCUT2D eigenvalue weighted by molar-refractivity contribution is 5.74. The van der Waals surface area contributed by atoms with Gasteiger partial charge in [-0.3, -0.25) is 19.7 Å². The highest BCUT2D eigenvalue weighted by atomic mass is 16.7. The van der Waals surface area contributed by atoms with Gasteiger partial charge in [-0.25, -0.2) is 10.2 Å². The molecule has 1 aromatic heterocycles. The molecule has 18 atom stereocenters. The van der Waals surface area contributed by atoms with E-state index in [2.05, 4.69) is 10.3 Å². The van der Waals surface area contributed by atoms with E-state index in [9.17, 15) is 35.1 Å². The van der Waals surface area contributed by atoms with Gasteiger partial charge in [0.25, 0.3) is 5.91 Å². The maximum Gasteiger partial charge on any atom is 0.311 e. The molecule has 20 heteroatoms. The monoisotopic (exact) mass is 965 g/mol. The third-order valence-electron chi connectivity index (χ3n) is 14.8. The number of carbonyl (C=O) groups is 2. The van der Waals surface area contributed by atoms with Crippen LogP contribution in [0.1, 0.15) is 100 Å². The largest absolute Gasteiger partial charge is 0.459 e. The molecule has 3 aliphatic heterocycles. The molecule has 20 nitrogen and oxygen atoms in total. The number of nitrogens with zero attached hydrogens (tertiary/aromatic N) is 5. The Balaban J connectivity index is 1.48. The fraction of sp³-hybridized carbons (Fsp3) is 0.792. The average Bonchev–Trinajstić information content (AvgIpc) is 3.75. The molecule has 0 radical (unpaired) electrons. The molecule has 386 valence electrons. The Morgan fingerprint density at radius 1 is 0.985 bits per heavy atom. The van der Waals surface area contributed by atoms with E-state index in [0.717, 1.165) is 11.1 Å². The fourth-order valence-corrected chi connectivity index (χ4v) is 10.5. The van der Waals surface area contributed by atoms with Crippen molar-refractivity contribution in [3.63, 3.8) is 0 Å². The van der Waals surface area contributed by atoms with Gasteiger partial charge < -0.3 is 58.9 Å². The van der Waals surface area contributed by atoms with Crippen molar-refractivity contribution in [1.29, 1.82) is 0 Å². The van der Waals surface area contributed by atoms with E-state index in [0.29, 0.717) is 25.2 Å². The molecule has 0 saturated carbocycles. The van der Waals surface area contributed by atoms with Gasteiger partial charge in [0.15, 0.2) is 12.6 Å². The number of ether oxygens (including phenoxy) is 6. The highest BCUT2D eigenvalue weighted by Gasteiger charge is 2.53. The van der Waals surface area contributed by atoms with Gasteiger partial charge in [0.1, 0.15) is 42.3 Å². The molecule has 0 aliphatic carbocycles. The van der Waals surface area contributed by atoms with Gasteiger partial charge in [0.05, 0.1) is 47.7 Å². The first kappa shape index (κ1) is 55.7. The van der Waals surface area contributed by atoms with E-state index in [1.54, 1.807) is 60.1 Å². The predicted molar refractivity (Wildman–Crippen MR) is 247 cm³/mol. The minimum atomic E-state index is -1.84. The van der Waals surface area contributed by atoms with Gasteiger partial charge in [-0.1, -0.05) is 50.3 Å². The molecule has 3 aliphatic rings. The van der Waals surface area contributed by atoms with Crippen LogP contribution in [-0.2, 0) is 51.1 Å². The van der Waals surface area contributed by atoms with E-state index in [1.807, 2.05) is 62.0 Å². The van der Waals surface area contributed by atoms with Crippen LogP contribution in [0.25, 0.3) is 11.3 Å². The molecule has 2 aromatic rings. The second kappa shape index (κ2) is 22.9. The van der Waals surface area contributed by atoms with E-state index in [-0.39, 0.29) is 37.8 Å². The lowest BCUT2D eigenvalue weighted by atomic mass is 9.77. The molecular weight excluding hydrogens is 885 g/mol. The lowest BCUT2D eigenvalue weighted by Crippen LogP contribution is -2.60. The average molecular weight is 965 g/mol. The number of rotatable bonds is 12. The number of cyclic esters (lactones) is 1. The third-order valence-corrected chi connectivity index (χ3v) is 14.8. The first-order valence-corrected chi connectivity index (χ1v) is 24.0. The molecule has 1 amide bonds. The number of methoxy groups -OCH3 is 1. The Morgan fingerprint density at radius 3 is 2.26 bits per heavy atom. The Bertz CT molecular complexity index is 1940. The van der Waals surface area contributed by atoms with E-state index in [1.165, 1.54) is 18.7 Å². The topological polar surface area (TPSA) is 260 Å². The molecule has 4 heterocycles. The number of amides is 1. The summed E-state index contributed by atoms with van der Waals surface area (Å²) in [4.78, 5) is 30.0. The molecule has 1 aromatic carbocycles. The summed E-state index contributed by atoms with van der Waals surface area (Å²) in [6.07, 6.45) is -7.66. The molecule has 68 heavy (non-hydrogen) atoms. The van der Waals surface area contributed by atoms with Crippen LogP contribution >= 0.6 is 0 Å². The summed E-state index contributed by atoms with van der Waals surface area (Å²) in [6, 6.07) is 6.60. The molecular formula is C48H80N6O14. The number of likely N-dealkylation sites (N-methyl/N-ethyl adjacent to an activating group) is 2. The van der Waals surface area contributed by atoms with Crippen LogP contribution in [0.5, 0.6) is 0 Å². The van der Waals surface area contributed by atoms with Gasteiger partial charge in [-0.2, -0.15) is 0 Å². The zero-order valence-electron chi connectivity index (χ0n) is 42.2. The first-order valence-electron chi connectivity index (χ1n) is 24.0. The van der Waals surface area contributed by atoms with Gasteiger partial charge >= 0.3 is 5.97 Å². The van der Waals surface area contributed by atoms with Crippen molar-refractivity contribution >= 4 is 11.9 Å². The summed E-state index contributed by atoms with van der Waals surface area (Å²) in [5, 5.41) is 76.5. The summed E-state index contributed by atoms with van der Waals surface area (Å²) in [6.45, 7) is 18.1. The highest BCUT2D eigenvalue weighted by Crippen LogP contribution is 2.40. The number of benzene rings is 1. The predicted octanol–water partition coefficient (Wildman–Crippen LogP) is 2.24. The lowest BCUT2D eigenvalue weighted by molar-refractivity contribution is -0.318. The number of aliphatic hydroxyl groups is 5. The Kier molecular flexibility index (Phi) is 18.8. The summed E-state index contributed by atoms with van der Waals surface area (Å²) >= 11 is 0. The number of carbonyl (C=O) groups excluding carboxylic acids is 2. The SMILES string of the molecule is CC[C@H]1OC(=O)[C@@H](C)[C@H](O[C@H]2C[C@@](C)(OC)[C@@H](O)[C@H](C)O2)[C@H](C)[C@H](O[C@H]2O[C@@H](C)C[C@@H](N(C)Cc3ccc(-c4cn(CC(=O)NO)nn4)cc3)[C@@H]2O)[C@@](C)(O)C[C@H](C)CN(C)[C@@H](C)[C@H](O)[C@@]1(C)O. The third kappa shape index (κ3) is 12.8. The van der Waals surface area contributed by atoms with Crippen LogP contribution in [0.3, 0.4) is 0 Å². The van der Waals surface area contributed by atoms with Gasteiger partial charge in [0, 0.05) is 50.2 Å². The number of aliphatic hydroxyl groups excluding tert-OH is 3. The molecule has 0 unspecified atom stereocenters. The van der Waals surface area contributed by atoms with Crippen LogP contribution < -0.4 is 5.48 Å². The number of aromatic nitrogens is 3. The van der Waals surface area contributed by atoms with Gasteiger partial charge in [-0.15, -0.1) is 5.10 Å². The van der Waals surface area contributed by atoms with E-state index < -0.39 is 108 Å². The fourth-order valence-electron chi connectivity index (χ4n) is 10.5. The van der Waals surface area contributed by atoms with Crippen LogP contribution in [0.2, 0.25) is 0 Å². The smallest absolute Gasteiger partial charge is 0.311 e. The zero-order chi connectivity index (χ0) is 50.6. The molecule has 5 rings (SSSR count). The molecule has 0 spiro atoms. The van der Waals surface area contributed by atoms with Crippen molar-refractivity contribution in [2.45, 2.75) is 198 Å². The molecule has 7 N–H and O–H groups in total. The standard InChI is InChI=1S/C48H80N6O14/c1-14-36-48(10,61)41(57)30(6)52(11)22-26(2)20-46(8,60)43(28(4)40(29(5)44(59)66-36)67-38-21-47(9,63-13)42(58)31(7)65-38)68-45-39(56)35(19-27(3)64-45)53(12)23-32-15-17-33(18-16-32)34-24-54(51-49-34)25-37(55)50-62/h15-18,24,26-31,35-36,38-43,45,56-58,60-62H,14,19-23,25H2,1-13H3,(H,50,55)/t26-,27-,28-,29-,30-,31-,35+,36+,38-,39-,40+,41-,42-,43-,45+,46-,47+,48-/m0/s1. The summed E-state index contributed by atoms with van der Waals surface area (Å²) < 4.78 is 39.5. The summed E-state index contributed by atoms with van der Waals surface area (Å²) in [5.74, 6) is -3.46. The van der Waals surface area contributed by atoms with Crippen molar-refractivity contribution in [2.24, 2.45) is 17.8 Å². The van der Waals surface area contributed by atoms with Crippen LogP contribution in [-0.4, -0.2) is 185 Å². The van der Waals surface area contributed by atoms with Crippen molar-refractivity contribution in [3.05, 3.63) is 36.0 Å². The van der Waals surface area contributed by atoms with Crippen LogP contribution in [0.4, 0.5) is 0 Å². The van der Waals surface area contributed by atoms with Crippen molar-refractivity contribution in [2.75, 3.05) is 27.7 Å². The second-order valence-electron chi connectivity index (χ2n) is 20.6. The Labute approximate surface area is 401 Å². The zero-order valence-corrected chi connectivity index (χ0v) is 42.2. The second-order valence-corrected chi connectivity index (χ2v) is 20.6. The van der Waals surface area contributed by atoms with Crippen molar-refractivity contribution in [3.8, 4) is 11.3 Å². The number of hydroxylamine groups is 1. The van der Waals surface area contributed by atoms with Gasteiger partial charge in [-0.05, 0) is 93.3 Å². The number of nitrogens with one attached hydrogen (secondary N) is 1. The Morgan fingerprint density at radius 2 is 1.65 bits per heavy atom. The van der Waals surface area contributed by atoms with Crippen LogP contribution in [0.15, 0.2) is 30.5 Å². The normalized spacial score (nSPS) is 40.6. The quantitative estimate of drug-likeness (QED) is 0.0914. The van der Waals surface area contributed by atoms with Gasteiger partial charge in [0.2, 0.25) is 0 Å². The number of hydrogen-bond acceptors (Lipinski definition) is 18. The van der Waals surface area contributed by atoms with E-state index >= 15 is 0 Å². The van der Waals surface area contributed by atoms with Crippen molar-refractivity contribution < 1.29 is 68.8 Å². The Hall–Kier alpha value is -3.22.